The minimum Gasteiger partial charge on any atom is -0.324 e. The molecule has 4 heteroatoms. The maximum absolute atomic E-state index is 6.62. The molecule has 0 bridgehead atoms. The van der Waals surface area contributed by atoms with Gasteiger partial charge >= 0.3 is 0 Å². The molecule has 3 nitrogen and oxygen atoms in total. The molecule has 0 amide bonds. The number of benzene rings is 1. The molecule has 1 aliphatic carbocycles. The number of hydrogen-bond acceptors (Lipinski definition) is 2. The third-order valence-electron chi connectivity index (χ3n) is 4.65. The summed E-state index contributed by atoms with van der Waals surface area (Å²) in [7, 11) is 0. The molecule has 1 aromatic heterocycles. The number of nitrogens with zero attached hydrogens (tertiary/aromatic N) is 2. The zero-order valence-electron chi connectivity index (χ0n) is 12.8. The Balaban J connectivity index is 2.05. The molecule has 1 aromatic carbocycles. The second-order valence-electron chi connectivity index (χ2n) is 6.49. The fraction of sp³-hybridized carbons (Fsp3) is 0.588. The predicted molar refractivity (Wildman–Crippen MR) is 91.3 cm³/mol. The Labute approximate surface area is 135 Å². The Morgan fingerprint density at radius 3 is 2.62 bits per heavy atom. The Morgan fingerprint density at radius 2 is 1.95 bits per heavy atom. The van der Waals surface area contributed by atoms with Crippen molar-refractivity contribution in [2.45, 2.75) is 58.0 Å². The first-order chi connectivity index (χ1) is 10.1. The van der Waals surface area contributed by atoms with E-state index in [4.69, 9.17) is 10.7 Å². The van der Waals surface area contributed by atoms with E-state index in [1.807, 2.05) is 0 Å². The number of imidazole rings is 1. The Morgan fingerprint density at radius 1 is 1.24 bits per heavy atom. The van der Waals surface area contributed by atoms with Crippen LogP contribution in [0.25, 0.3) is 11.0 Å². The van der Waals surface area contributed by atoms with Gasteiger partial charge in [0, 0.05) is 10.5 Å². The minimum atomic E-state index is 0.0545. The average Bonchev–Trinajstić information content (AvgIpc) is 2.85. The van der Waals surface area contributed by atoms with E-state index in [2.05, 4.69) is 52.5 Å². The van der Waals surface area contributed by atoms with Crippen molar-refractivity contribution in [2.24, 2.45) is 11.7 Å². The van der Waals surface area contributed by atoms with Gasteiger partial charge in [0.25, 0.3) is 0 Å². The van der Waals surface area contributed by atoms with E-state index in [0.29, 0.717) is 12.0 Å². The van der Waals surface area contributed by atoms with Crippen LogP contribution in [0.5, 0.6) is 0 Å². The van der Waals surface area contributed by atoms with Crippen molar-refractivity contribution >= 4 is 27.0 Å². The number of aromatic nitrogens is 2. The predicted octanol–water partition coefficient (Wildman–Crippen LogP) is 4.96. The molecule has 1 fully saturated rings. The second-order valence-corrected chi connectivity index (χ2v) is 7.41. The monoisotopic (exact) mass is 349 g/mol. The van der Waals surface area contributed by atoms with Gasteiger partial charge in [0.15, 0.2) is 0 Å². The molecule has 3 rings (SSSR count). The first-order valence-electron chi connectivity index (χ1n) is 8.01. The van der Waals surface area contributed by atoms with Gasteiger partial charge in [0.05, 0.1) is 17.1 Å². The number of halogens is 1. The minimum absolute atomic E-state index is 0.0545. The van der Waals surface area contributed by atoms with Crippen molar-refractivity contribution in [3.05, 3.63) is 28.5 Å². The van der Waals surface area contributed by atoms with Gasteiger partial charge in [-0.3, -0.25) is 0 Å². The quantitative estimate of drug-likeness (QED) is 0.850. The molecule has 2 N–H and O–H groups in total. The second kappa shape index (κ2) is 6.09. The highest BCUT2D eigenvalue weighted by Gasteiger charge is 2.27. The molecular formula is C17H24BrN3. The van der Waals surface area contributed by atoms with Crippen LogP contribution in [0, 0.1) is 5.92 Å². The van der Waals surface area contributed by atoms with Crippen LogP contribution in [-0.4, -0.2) is 9.55 Å². The van der Waals surface area contributed by atoms with Gasteiger partial charge in [0.1, 0.15) is 5.82 Å². The zero-order valence-corrected chi connectivity index (χ0v) is 14.4. The summed E-state index contributed by atoms with van der Waals surface area (Å²) in [5.41, 5.74) is 8.85. The lowest BCUT2D eigenvalue weighted by Crippen LogP contribution is -2.27. The number of hydrogen-bond donors (Lipinski definition) is 1. The normalized spacial score (nSPS) is 18.5. The first-order valence-corrected chi connectivity index (χ1v) is 8.80. The van der Waals surface area contributed by atoms with Gasteiger partial charge in [-0.25, -0.2) is 4.98 Å². The van der Waals surface area contributed by atoms with Crippen LogP contribution in [0.2, 0.25) is 0 Å². The van der Waals surface area contributed by atoms with Crippen LogP contribution in [0.4, 0.5) is 0 Å². The summed E-state index contributed by atoms with van der Waals surface area (Å²) in [6.07, 6.45) is 6.47. The van der Waals surface area contributed by atoms with Gasteiger partial charge < -0.3 is 10.3 Å². The lowest BCUT2D eigenvalue weighted by molar-refractivity contribution is 0.294. The fourth-order valence-corrected chi connectivity index (χ4v) is 3.92. The molecule has 0 spiro atoms. The summed E-state index contributed by atoms with van der Waals surface area (Å²) in [6, 6.07) is 6.74. The molecular weight excluding hydrogens is 326 g/mol. The fourth-order valence-electron chi connectivity index (χ4n) is 3.57. The molecule has 1 atom stereocenters. The highest BCUT2D eigenvalue weighted by Crippen LogP contribution is 2.35. The van der Waals surface area contributed by atoms with Crippen LogP contribution in [-0.2, 0) is 0 Å². The summed E-state index contributed by atoms with van der Waals surface area (Å²) in [5.74, 6) is 1.64. The first kappa shape index (κ1) is 15.0. The lowest BCUT2D eigenvalue weighted by Gasteiger charge is -2.28. The van der Waals surface area contributed by atoms with Crippen molar-refractivity contribution in [1.82, 2.24) is 9.55 Å². The smallest absolute Gasteiger partial charge is 0.127 e. The largest absolute Gasteiger partial charge is 0.324 e. The van der Waals surface area contributed by atoms with Gasteiger partial charge in [0.2, 0.25) is 0 Å². The molecule has 0 saturated heterocycles. The topological polar surface area (TPSA) is 43.8 Å². The highest BCUT2D eigenvalue weighted by molar-refractivity contribution is 9.10. The standard InChI is InChI=1S/C17H24BrN3/c1-11(2)21-15-9-8-13(18)10-14(15)20-17(21)16(19)12-6-4-3-5-7-12/h8-12,16H,3-7,19H2,1-2H3. The summed E-state index contributed by atoms with van der Waals surface area (Å²) in [5, 5.41) is 0. The maximum Gasteiger partial charge on any atom is 0.127 e. The summed E-state index contributed by atoms with van der Waals surface area (Å²) in [4.78, 5) is 4.88. The molecule has 2 aromatic rings. The van der Waals surface area contributed by atoms with Crippen molar-refractivity contribution in [3.8, 4) is 0 Å². The number of fused-ring (bicyclic) bond motifs is 1. The molecule has 1 unspecified atom stereocenters. The van der Waals surface area contributed by atoms with Crippen LogP contribution >= 0.6 is 15.9 Å². The van der Waals surface area contributed by atoms with E-state index >= 15 is 0 Å². The molecule has 1 heterocycles. The molecule has 0 radical (unpaired) electrons. The summed E-state index contributed by atoms with van der Waals surface area (Å²) >= 11 is 3.54. The zero-order chi connectivity index (χ0) is 15.0. The Bertz CT molecular complexity index is 626. The maximum atomic E-state index is 6.62. The van der Waals surface area contributed by atoms with E-state index in [9.17, 15) is 0 Å². The molecule has 0 aliphatic heterocycles. The third kappa shape index (κ3) is 2.88. The Hall–Kier alpha value is -0.870. The van der Waals surface area contributed by atoms with Gasteiger partial charge in [-0.1, -0.05) is 35.2 Å². The third-order valence-corrected chi connectivity index (χ3v) is 5.14. The van der Waals surface area contributed by atoms with Crippen molar-refractivity contribution in [1.29, 1.82) is 0 Å². The van der Waals surface area contributed by atoms with Crippen LogP contribution in [0.1, 0.15) is 63.9 Å². The van der Waals surface area contributed by atoms with Gasteiger partial charge in [-0.05, 0) is 50.8 Å². The molecule has 21 heavy (non-hydrogen) atoms. The van der Waals surface area contributed by atoms with Crippen LogP contribution in [0.3, 0.4) is 0 Å². The van der Waals surface area contributed by atoms with E-state index in [1.165, 1.54) is 37.6 Å². The van der Waals surface area contributed by atoms with Crippen molar-refractivity contribution in [3.63, 3.8) is 0 Å². The lowest BCUT2D eigenvalue weighted by atomic mass is 9.84. The highest BCUT2D eigenvalue weighted by atomic mass is 79.9. The van der Waals surface area contributed by atoms with E-state index in [0.717, 1.165) is 15.8 Å². The van der Waals surface area contributed by atoms with Crippen molar-refractivity contribution in [2.75, 3.05) is 0 Å². The van der Waals surface area contributed by atoms with E-state index < -0.39 is 0 Å². The van der Waals surface area contributed by atoms with Crippen LogP contribution < -0.4 is 5.73 Å². The SMILES string of the molecule is CC(C)n1c(C(N)C2CCCCC2)nc2cc(Br)ccc21. The summed E-state index contributed by atoms with van der Waals surface area (Å²) < 4.78 is 3.39. The number of nitrogens with two attached hydrogens (primary N) is 1. The molecule has 1 saturated carbocycles. The number of rotatable bonds is 3. The van der Waals surface area contributed by atoms with Gasteiger partial charge in [-0.2, -0.15) is 0 Å². The average molecular weight is 350 g/mol. The van der Waals surface area contributed by atoms with E-state index in [1.54, 1.807) is 0 Å². The van der Waals surface area contributed by atoms with E-state index in [-0.39, 0.29) is 6.04 Å². The van der Waals surface area contributed by atoms with Gasteiger partial charge in [-0.15, -0.1) is 0 Å². The molecule has 1 aliphatic rings. The molecule has 114 valence electrons. The Kier molecular flexibility index (Phi) is 4.36. The summed E-state index contributed by atoms with van der Waals surface area (Å²) in [6.45, 7) is 4.42. The van der Waals surface area contributed by atoms with Crippen LogP contribution in [0.15, 0.2) is 22.7 Å². The van der Waals surface area contributed by atoms with Crippen molar-refractivity contribution < 1.29 is 0 Å².